The number of aryl methyl sites for hydroxylation is 1. The minimum Gasteiger partial charge on any atom is -0.352 e. The lowest BCUT2D eigenvalue weighted by Crippen LogP contribution is -2.52. The fourth-order valence-electron chi connectivity index (χ4n) is 4.48. The number of hydrogen-bond donors (Lipinski definition) is 1. The van der Waals surface area contributed by atoms with Crippen LogP contribution in [0.3, 0.4) is 0 Å². The van der Waals surface area contributed by atoms with Crippen LogP contribution in [-0.2, 0) is 22.4 Å². The summed E-state index contributed by atoms with van der Waals surface area (Å²) in [4.78, 5) is 28.3. The largest absolute Gasteiger partial charge is 0.352 e. The summed E-state index contributed by atoms with van der Waals surface area (Å²) < 4.78 is 0. The number of nitrogens with zero attached hydrogens (tertiary/aromatic N) is 1. The summed E-state index contributed by atoms with van der Waals surface area (Å²) in [5.41, 5.74) is 2.34. The quantitative estimate of drug-likeness (QED) is 0.593. The number of benzene rings is 2. The third kappa shape index (κ3) is 7.23. The summed E-state index contributed by atoms with van der Waals surface area (Å²) in [5, 5.41) is 3.24. The van der Waals surface area contributed by atoms with E-state index >= 15 is 0 Å². The topological polar surface area (TPSA) is 49.4 Å². The lowest BCUT2D eigenvalue weighted by molar-refractivity contribution is -0.141. The minimum absolute atomic E-state index is 0.00974. The van der Waals surface area contributed by atoms with Gasteiger partial charge in [0.1, 0.15) is 6.04 Å². The molecule has 3 rings (SSSR count). The van der Waals surface area contributed by atoms with E-state index in [-0.39, 0.29) is 17.9 Å². The summed E-state index contributed by atoms with van der Waals surface area (Å²) in [6.07, 6.45) is 8.21. The molecular formula is C27H36N2O2. The number of rotatable bonds is 10. The Kier molecular flexibility index (Phi) is 9.14. The monoisotopic (exact) mass is 420 g/mol. The van der Waals surface area contributed by atoms with Crippen molar-refractivity contribution in [3.8, 4) is 0 Å². The van der Waals surface area contributed by atoms with Gasteiger partial charge in [-0.2, -0.15) is 0 Å². The van der Waals surface area contributed by atoms with E-state index in [1.54, 1.807) is 0 Å². The molecule has 0 saturated heterocycles. The Morgan fingerprint density at radius 3 is 2.06 bits per heavy atom. The molecule has 0 aliphatic heterocycles. The Balaban J connectivity index is 1.68. The average Bonchev–Trinajstić information content (AvgIpc) is 2.82. The first-order valence-electron chi connectivity index (χ1n) is 11.8. The van der Waals surface area contributed by atoms with Gasteiger partial charge in [-0.25, -0.2) is 0 Å². The smallest absolute Gasteiger partial charge is 0.243 e. The predicted molar refractivity (Wildman–Crippen MR) is 126 cm³/mol. The van der Waals surface area contributed by atoms with Crippen LogP contribution >= 0.6 is 0 Å². The summed E-state index contributed by atoms with van der Waals surface area (Å²) in [7, 11) is 0. The highest BCUT2D eigenvalue weighted by molar-refractivity contribution is 5.88. The van der Waals surface area contributed by atoms with Gasteiger partial charge in [0.2, 0.25) is 11.8 Å². The molecule has 0 bridgehead atoms. The average molecular weight is 421 g/mol. The van der Waals surface area contributed by atoms with Crippen molar-refractivity contribution in [1.29, 1.82) is 0 Å². The van der Waals surface area contributed by atoms with E-state index in [9.17, 15) is 9.59 Å². The highest BCUT2D eigenvalue weighted by atomic mass is 16.2. The van der Waals surface area contributed by atoms with Gasteiger partial charge in [-0.15, -0.1) is 0 Å². The van der Waals surface area contributed by atoms with Gasteiger partial charge >= 0.3 is 0 Å². The van der Waals surface area contributed by atoms with Crippen molar-refractivity contribution in [2.24, 2.45) is 0 Å². The number of carbonyl (C=O) groups excluding carboxylic acids is 2. The Bertz CT molecular complexity index is 801. The first kappa shape index (κ1) is 23.1. The molecule has 2 aromatic rings. The molecule has 2 amide bonds. The maximum atomic E-state index is 13.3. The Morgan fingerprint density at radius 2 is 1.48 bits per heavy atom. The highest BCUT2D eigenvalue weighted by Crippen LogP contribution is 2.19. The lowest BCUT2D eigenvalue weighted by Gasteiger charge is -2.33. The fraction of sp³-hybridized carbons (Fsp3) is 0.481. The lowest BCUT2D eigenvalue weighted by atomic mass is 9.95. The molecule has 1 saturated carbocycles. The van der Waals surface area contributed by atoms with Gasteiger partial charge in [0, 0.05) is 19.0 Å². The molecule has 1 aliphatic rings. The highest BCUT2D eigenvalue weighted by Gasteiger charge is 2.29. The van der Waals surface area contributed by atoms with Crippen molar-refractivity contribution in [2.45, 2.75) is 76.8 Å². The molecule has 0 radical (unpaired) electrons. The zero-order chi connectivity index (χ0) is 21.9. The second-order valence-electron chi connectivity index (χ2n) is 8.58. The minimum atomic E-state index is -0.408. The third-order valence-electron chi connectivity index (χ3n) is 6.29. The van der Waals surface area contributed by atoms with Crippen LogP contribution in [0.25, 0.3) is 0 Å². The molecule has 166 valence electrons. The molecular weight excluding hydrogens is 384 g/mol. The van der Waals surface area contributed by atoms with Gasteiger partial charge in [-0.1, -0.05) is 86.8 Å². The zero-order valence-corrected chi connectivity index (χ0v) is 18.8. The Hall–Kier alpha value is -2.62. The molecule has 1 N–H and O–H groups in total. The Morgan fingerprint density at radius 1 is 0.903 bits per heavy atom. The summed E-state index contributed by atoms with van der Waals surface area (Å²) in [6, 6.07) is 20.1. The summed E-state index contributed by atoms with van der Waals surface area (Å²) in [5.74, 6) is 0.0703. The third-order valence-corrected chi connectivity index (χ3v) is 6.29. The van der Waals surface area contributed by atoms with Crippen LogP contribution in [0.5, 0.6) is 0 Å². The van der Waals surface area contributed by atoms with E-state index in [0.717, 1.165) is 24.8 Å². The van der Waals surface area contributed by atoms with Gasteiger partial charge in [0.25, 0.3) is 0 Å². The SMILES string of the molecule is CC[C@H](C(=O)NC1CCCCC1)N(CCc1ccccc1)C(=O)CCc1ccccc1. The van der Waals surface area contributed by atoms with E-state index in [1.165, 1.54) is 24.8 Å². The molecule has 0 heterocycles. The standard InChI is InChI=1S/C27H36N2O2/c1-2-25(27(31)28-24-16-10-5-11-17-24)29(21-20-23-14-8-4-9-15-23)26(30)19-18-22-12-6-3-7-13-22/h3-4,6-9,12-15,24-25H,2,5,10-11,16-21H2,1H3,(H,28,31)/t25-/m1/s1. The molecule has 1 aliphatic carbocycles. The molecule has 2 aromatic carbocycles. The number of hydrogen-bond acceptors (Lipinski definition) is 2. The van der Waals surface area contributed by atoms with Crippen molar-refractivity contribution in [2.75, 3.05) is 6.54 Å². The van der Waals surface area contributed by atoms with E-state index in [4.69, 9.17) is 0 Å². The number of amides is 2. The Labute approximate surface area is 187 Å². The number of carbonyl (C=O) groups is 2. The number of nitrogens with one attached hydrogen (secondary N) is 1. The molecule has 0 spiro atoms. The van der Waals surface area contributed by atoms with Crippen molar-refractivity contribution < 1.29 is 9.59 Å². The van der Waals surface area contributed by atoms with Crippen LogP contribution in [0.4, 0.5) is 0 Å². The van der Waals surface area contributed by atoms with Crippen molar-refractivity contribution >= 4 is 11.8 Å². The zero-order valence-electron chi connectivity index (χ0n) is 18.8. The van der Waals surface area contributed by atoms with Crippen LogP contribution in [0, 0.1) is 0 Å². The second-order valence-corrected chi connectivity index (χ2v) is 8.58. The van der Waals surface area contributed by atoms with Gasteiger partial charge < -0.3 is 10.2 Å². The van der Waals surface area contributed by atoms with Crippen molar-refractivity contribution in [3.63, 3.8) is 0 Å². The summed E-state index contributed by atoms with van der Waals surface area (Å²) >= 11 is 0. The summed E-state index contributed by atoms with van der Waals surface area (Å²) in [6.45, 7) is 2.57. The van der Waals surface area contributed by atoms with Crippen molar-refractivity contribution in [1.82, 2.24) is 10.2 Å². The van der Waals surface area contributed by atoms with Gasteiger partial charge in [0.05, 0.1) is 0 Å². The first-order valence-corrected chi connectivity index (χ1v) is 11.8. The van der Waals surface area contributed by atoms with Crippen LogP contribution in [0.2, 0.25) is 0 Å². The van der Waals surface area contributed by atoms with E-state index in [2.05, 4.69) is 29.6 Å². The van der Waals surface area contributed by atoms with Gasteiger partial charge in [-0.05, 0) is 43.2 Å². The normalized spacial score (nSPS) is 15.3. The molecule has 1 fully saturated rings. The van der Waals surface area contributed by atoms with E-state index < -0.39 is 6.04 Å². The molecule has 4 heteroatoms. The molecule has 0 unspecified atom stereocenters. The van der Waals surface area contributed by atoms with Crippen LogP contribution in [-0.4, -0.2) is 35.3 Å². The van der Waals surface area contributed by atoms with Crippen LogP contribution in [0.1, 0.15) is 63.0 Å². The van der Waals surface area contributed by atoms with Gasteiger partial charge in [-0.3, -0.25) is 9.59 Å². The van der Waals surface area contributed by atoms with E-state index in [0.29, 0.717) is 25.8 Å². The van der Waals surface area contributed by atoms with Gasteiger partial charge in [0.15, 0.2) is 0 Å². The van der Waals surface area contributed by atoms with Crippen LogP contribution in [0.15, 0.2) is 60.7 Å². The molecule has 4 nitrogen and oxygen atoms in total. The fourth-order valence-corrected chi connectivity index (χ4v) is 4.48. The maximum absolute atomic E-state index is 13.3. The van der Waals surface area contributed by atoms with Crippen molar-refractivity contribution in [3.05, 3.63) is 71.8 Å². The maximum Gasteiger partial charge on any atom is 0.243 e. The molecule has 31 heavy (non-hydrogen) atoms. The van der Waals surface area contributed by atoms with E-state index in [1.807, 2.05) is 48.2 Å². The molecule has 0 aromatic heterocycles. The second kappa shape index (κ2) is 12.3. The predicted octanol–water partition coefficient (Wildman–Crippen LogP) is 4.92. The van der Waals surface area contributed by atoms with Crippen LogP contribution < -0.4 is 5.32 Å². The molecule has 1 atom stereocenters. The first-order chi connectivity index (χ1) is 15.2.